The quantitative estimate of drug-likeness (QED) is 0.120. The van der Waals surface area contributed by atoms with E-state index in [1.165, 1.54) is 19.1 Å². The molecule has 1 aromatic carbocycles. The predicted octanol–water partition coefficient (Wildman–Crippen LogP) is 8.18. The Kier molecular flexibility index (Phi) is 13.2. The highest BCUT2D eigenvalue weighted by atomic mass is 127. The molecule has 1 amide bonds. The molecule has 0 aliphatic carbocycles. The minimum Gasteiger partial charge on any atom is -0.462 e. The number of hydrogen-bond donors (Lipinski definition) is 2. The molecule has 0 aliphatic rings. The zero-order valence-corrected chi connectivity index (χ0v) is 35.2. The fourth-order valence-electron chi connectivity index (χ4n) is 3.59. The lowest BCUT2D eigenvalue weighted by atomic mass is 10.1. The van der Waals surface area contributed by atoms with Crippen molar-refractivity contribution in [2.45, 2.75) is 31.3 Å². The summed E-state index contributed by atoms with van der Waals surface area (Å²) in [5.74, 6) is -4.50. The maximum Gasteiger partial charge on any atom is 0.408 e. The van der Waals surface area contributed by atoms with Gasteiger partial charge in [-0.2, -0.15) is 0 Å². The first-order valence-corrected chi connectivity index (χ1v) is 18.5. The molecule has 9 nitrogen and oxygen atoms in total. The van der Waals surface area contributed by atoms with Crippen molar-refractivity contribution in [1.29, 1.82) is 0 Å². The number of anilines is 1. The summed E-state index contributed by atoms with van der Waals surface area (Å²) in [4.78, 5) is 42.8. The first-order chi connectivity index (χ1) is 19.8. The van der Waals surface area contributed by atoms with Gasteiger partial charge in [0.05, 0.1) is 12.0 Å². The number of benzene rings is 1. The summed E-state index contributed by atoms with van der Waals surface area (Å²) in [6.07, 6.45) is 0.283. The van der Waals surface area contributed by atoms with E-state index in [1.54, 1.807) is 6.92 Å². The van der Waals surface area contributed by atoms with Gasteiger partial charge in [-0.3, -0.25) is 9.36 Å². The number of carbonyl (C=O) groups excluding carboxylic acids is 2. The van der Waals surface area contributed by atoms with Gasteiger partial charge < -0.3 is 20.1 Å². The molecule has 0 unspecified atom stereocenters. The number of amides is 1. The van der Waals surface area contributed by atoms with E-state index in [0.29, 0.717) is 12.1 Å². The number of aromatic nitrogens is 2. The molecule has 0 fully saturated rings. The van der Waals surface area contributed by atoms with Crippen LogP contribution in [0.5, 0.6) is 0 Å². The molecular formula is C25H21F3I6N4O5. The van der Waals surface area contributed by atoms with E-state index < -0.39 is 56.7 Å². The molecule has 234 valence electrons. The van der Waals surface area contributed by atoms with Crippen LogP contribution in [0.25, 0.3) is 16.7 Å². The fraction of sp³-hybridized carbons (Fsp3) is 0.360. The third-order valence-electron chi connectivity index (χ3n) is 5.90. The first kappa shape index (κ1) is 37.7. The van der Waals surface area contributed by atoms with E-state index in [-0.39, 0.29) is 30.0 Å². The molecule has 0 saturated heterocycles. The Morgan fingerprint density at radius 1 is 1.05 bits per heavy atom. The van der Waals surface area contributed by atoms with Crippen molar-refractivity contribution in [2.24, 2.45) is 0 Å². The van der Waals surface area contributed by atoms with E-state index in [9.17, 15) is 27.6 Å². The number of rotatable bonds is 10. The second-order valence-electron chi connectivity index (χ2n) is 9.09. The number of alkyl carbamates (subject to hydrolysis) is 1. The van der Waals surface area contributed by atoms with Gasteiger partial charge in [-0.25, -0.2) is 27.7 Å². The van der Waals surface area contributed by atoms with Gasteiger partial charge in [-0.15, -0.1) is 0 Å². The highest BCUT2D eigenvalue weighted by molar-refractivity contribution is 14.3. The predicted molar refractivity (Wildman–Crippen MR) is 209 cm³/mol. The summed E-state index contributed by atoms with van der Waals surface area (Å²) in [5, 5.41) is 5.66. The minimum atomic E-state index is -1.28. The average molecular weight is 1280 g/mol. The number of pyridine rings is 2. The monoisotopic (exact) mass is 1280 g/mol. The number of alkyl halides is 6. The van der Waals surface area contributed by atoms with Crippen LogP contribution in [-0.2, 0) is 9.47 Å². The third kappa shape index (κ3) is 8.81. The van der Waals surface area contributed by atoms with Gasteiger partial charge in [-0.1, -0.05) is 136 Å². The summed E-state index contributed by atoms with van der Waals surface area (Å²) in [5.41, 5.74) is -3.06. The van der Waals surface area contributed by atoms with Gasteiger partial charge in [0.15, 0.2) is 21.8 Å². The largest absolute Gasteiger partial charge is 0.462 e. The number of carbonyl (C=O) groups is 2. The lowest BCUT2D eigenvalue weighted by Crippen LogP contribution is -2.54. The van der Waals surface area contributed by atoms with Crippen molar-refractivity contribution < 1.29 is 32.2 Å². The van der Waals surface area contributed by atoms with Crippen molar-refractivity contribution in [2.75, 3.05) is 18.5 Å². The van der Waals surface area contributed by atoms with Crippen LogP contribution in [0, 0.1) is 17.5 Å². The maximum atomic E-state index is 14.9. The van der Waals surface area contributed by atoms with Crippen LogP contribution >= 0.6 is 136 Å². The van der Waals surface area contributed by atoms with Gasteiger partial charge >= 0.3 is 12.1 Å². The molecule has 3 aromatic rings. The van der Waals surface area contributed by atoms with E-state index in [0.717, 1.165) is 10.8 Å². The van der Waals surface area contributed by atoms with Gasteiger partial charge in [0, 0.05) is 30.9 Å². The molecule has 2 aromatic heterocycles. The van der Waals surface area contributed by atoms with Crippen molar-refractivity contribution in [1.82, 2.24) is 14.9 Å². The van der Waals surface area contributed by atoms with Gasteiger partial charge in [0.2, 0.25) is 5.43 Å². The zero-order valence-electron chi connectivity index (χ0n) is 22.2. The highest BCUT2D eigenvalue weighted by Crippen LogP contribution is 2.60. The number of ether oxygens (including phenoxy) is 2. The Balaban J connectivity index is 1.94. The number of hydrogen-bond acceptors (Lipinski definition) is 7. The Labute approximate surface area is 326 Å². The highest BCUT2D eigenvalue weighted by Gasteiger charge is 2.58. The number of fused-ring (bicyclic) bond motifs is 1. The van der Waals surface area contributed by atoms with Crippen LogP contribution < -0.4 is 16.1 Å². The van der Waals surface area contributed by atoms with Crippen molar-refractivity contribution in [3.05, 3.63) is 63.7 Å². The lowest BCUT2D eigenvalue weighted by molar-refractivity contribution is 0.0510. The van der Waals surface area contributed by atoms with Crippen molar-refractivity contribution in [3.63, 3.8) is 0 Å². The van der Waals surface area contributed by atoms with Crippen LogP contribution in [0.3, 0.4) is 0 Å². The van der Waals surface area contributed by atoms with E-state index in [1.807, 2.05) is 6.92 Å². The summed E-state index contributed by atoms with van der Waals surface area (Å²) in [6.45, 7) is 5.24. The first-order valence-electron chi connectivity index (χ1n) is 12.1. The van der Waals surface area contributed by atoms with Crippen LogP contribution in [0.2, 0.25) is 0 Å². The Morgan fingerprint density at radius 3 is 2.16 bits per heavy atom. The van der Waals surface area contributed by atoms with Crippen LogP contribution in [0.4, 0.5) is 23.8 Å². The number of nitrogens with zero attached hydrogens (tertiary/aromatic N) is 2. The summed E-state index contributed by atoms with van der Waals surface area (Å²) >= 11 is 13.3. The summed E-state index contributed by atoms with van der Waals surface area (Å²) in [6, 6.07) is 3.26. The van der Waals surface area contributed by atoms with Crippen LogP contribution in [-0.4, -0.2) is 45.3 Å². The lowest BCUT2D eigenvalue weighted by Gasteiger charge is -2.42. The van der Waals surface area contributed by atoms with Crippen LogP contribution in [0.15, 0.2) is 35.3 Å². The molecule has 2 N–H and O–H groups in total. The summed E-state index contributed by atoms with van der Waals surface area (Å²) < 4.78 is 54.1. The standard InChI is InChI=1S/C25H21F3I6N4O5/c1-4-42-21(40)14-10-38(18-15(27)7-12(26)8-16(18)28)20-13(19(14)39)5-6-17(37-20)35-9-11(2)36-22(41)43-23(3,24(29,30)31)25(32,33)34/h5-8,10-11H,4,9H2,1-3H3,(H,35,37)(H,36,41)/t11-/m1/s1. The van der Waals surface area contributed by atoms with Gasteiger partial charge in [-0.05, 0) is 32.9 Å². The Bertz CT molecular complexity index is 1580. The molecule has 3 rings (SSSR count). The van der Waals surface area contributed by atoms with E-state index in [4.69, 9.17) is 9.47 Å². The molecule has 43 heavy (non-hydrogen) atoms. The van der Waals surface area contributed by atoms with Crippen LogP contribution in [0.1, 0.15) is 31.1 Å². The second kappa shape index (κ2) is 15.0. The molecule has 2 heterocycles. The minimum absolute atomic E-state index is 0.0418. The molecule has 0 aliphatic heterocycles. The van der Waals surface area contributed by atoms with Gasteiger partial charge in [0.1, 0.15) is 22.9 Å². The third-order valence-corrected chi connectivity index (χ3v) is 12.1. The second-order valence-corrected chi connectivity index (χ2v) is 31.2. The fourth-order valence-corrected chi connectivity index (χ4v) is 11.3. The smallest absolute Gasteiger partial charge is 0.408 e. The molecular weight excluding hydrogens is 1250 g/mol. The normalized spacial score (nSPS) is 13.0. The SMILES string of the molecule is CCOC(=O)c1cn(-c2c(F)cc(F)cc2F)c2nc(NC[C@@H](C)NC(=O)OC(C)(C(I)(I)I)C(I)(I)I)ccc2c1=O. The topological polar surface area (TPSA) is 112 Å². The Hall–Kier alpha value is 0.290. The maximum absolute atomic E-state index is 14.9. The average Bonchev–Trinajstić information content (AvgIpc) is 2.86. The molecule has 18 heteroatoms. The van der Waals surface area contributed by atoms with Gasteiger partial charge in [0.25, 0.3) is 0 Å². The van der Waals surface area contributed by atoms with E-state index in [2.05, 4.69) is 151 Å². The molecule has 0 spiro atoms. The number of esters is 1. The number of halogens is 9. The molecule has 0 radical (unpaired) electrons. The summed E-state index contributed by atoms with van der Waals surface area (Å²) in [7, 11) is 0. The van der Waals surface area contributed by atoms with E-state index >= 15 is 0 Å². The molecule has 0 bridgehead atoms. The van der Waals surface area contributed by atoms with Crippen molar-refractivity contribution in [3.8, 4) is 5.69 Å². The molecule has 0 saturated carbocycles. The Morgan fingerprint density at radius 2 is 1.63 bits per heavy atom. The zero-order chi connectivity index (χ0) is 32.5. The number of nitrogens with one attached hydrogen (secondary N) is 2. The molecule has 1 atom stereocenters. The van der Waals surface area contributed by atoms with Crippen molar-refractivity contribution >= 4 is 164 Å².